The minimum absolute atomic E-state index is 0.136. The number of aryl methyl sites for hydroxylation is 3. The van der Waals surface area contributed by atoms with Crippen molar-refractivity contribution in [2.45, 2.75) is 33.6 Å². The highest BCUT2D eigenvalue weighted by Crippen LogP contribution is 2.21. The number of ketones is 1. The van der Waals surface area contributed by atoms with Crippen molar-refractivity contribution < 1.29 is 9.32 Å². The summed E-state index contributed by atoms with van der Waals surface area (Å²) in [5.41, 5.74) is 3.98. The molecule has 0 N–H and O–H groups in total. The van der Waals surface area contributed by atoms with Crippen LogP contribution in [-0.2, 0) is 6.42 Å². The Labute approximate surface area is 160 Å². The summed E-state index contributed by atoms with van der Waals surface area (Å²) in [6.07, 6.45) is 2.06. The zero-order valence-corrected chi connectivity index (χ0v) is 16.5. The molecule has 0 atom stereocenters. The minimum Gasteiger partial charge on any atom is -0.360 e. The van der Waals surface area contributed by atoms with E-state index in [-0.39, 0.29) is 5.78 Å². The van der Waals surface area contributed by atoms with Crippen LogP contribution in [0.5, 0.6) is 0 Å². The predicted molar refractivity (Wildman–Crippen MR) is 107 cm³/mol. The van der Waals surface area contributed by atoms with Crippen LogP contribution in [0.2, 0.25) is 0 Å². The van der Waals surface area contributed by atoms with Crippen molar-refractivity contribution in [3.8, 4) is 5.82 Å². The molecule has 0 aliphatic heterocycles. The number of likely N-dealkylation sites (N-methyl/N-ethyl adjacent to an activating group) is 1. The molecule has 2 aromatic heterocycles. The molecule has 27 heavy (non-hydrogen) atoms. The number of hydrogen-bond donors (Lipinski definition) is 0. The maximum atomic E-state index is 12.8. The molecule has 0 fully saturated rings. The van der Waals surface area contributed by atoms with Crippen LogP contribution >= 0.6 is 0 Å². The largest absolute Gasteiger partial charge is 0.360 e. The van der Waals surface area contributed by atoms with E-state index in [1.165, 1.54) is 5.56 Å². The van der Waals surface area contributed by atoms with E-state index >= 15 is 0 Å². The van der Waals surface area contributed by atoms with E-state index in [0.29, 0.717) is 6.54 Å². The minimum atomic E-state index is 0.136. The Morgan fingerprint density at radius 3 is 2.56 bits per heavy atom. The van der Waals surface area contributed by atoms with Crippen molar-refractivity contribution >= 4 is 5.78 Å². The Balaban J connectivity index is 1.61. The van der Waals surface area contributed by atoms with Gasteiger partial charge in [0.1, 0.15) is 5.76 Å². The number of carbonyl (C=O) groups is 1. The lowest BCUT2D eigenvalue weighted by atomic mass is 10.1. The summed E-state index contributed by atoms with van der Waals surface area (Å²) in [5.74, 6) is 1.61. The van der Waals surface area contributed by atoms with Crippen LogP contribution in [0, 0.1) is 20.8 Å². The summed E-state index contributed by atoms with van der Waals surface area (Å²) in [6.45, 7) is 7.11. The molecule has 5 nitrogen and oxygen atoms in total. The van der Waals surface area contributed by atoms with Crippen molar-refractivity contribution in [1.82, 2.24) is 14.6 Å². The summed E-state index contributed by atoms with van der Waals surface area (Å²) in [6, 6.07) is 14.3. The first-order valence-electron chi connectivity index (χ1n) is 9.34. The van der Waals surface area contributed by atoms with E-state index in [0.717, 1.165) is 47.9 Å². The van der Waals surface area contributed by atoms with Gasteiger partial charge in [0.2, 0.25) is 0 Å². The average molecular weight is 365 g/mol. The van der Waals surface area contributed by atoms with E-state index in [1.54, 1.807) is 0 Å². The van der Waals surface area contributed by atoms with E-state index in [4.69, 9.17) is 4.52 Å². The fourth-order valence-electron chi connectivity index (χ4n) is 3.46. The summed E-state index contributed by atoms with van der Waals surface area (Å²) < 4.78 is 7.15. The Morgan fingerprint density at radius 1 is 1.15 bits per heavy atom. The second-order valence-electron chi connectivity index (χ2n) is 7.17. The van der Waals surface area contributed by atoms with Crippen molar-refractivity contribution in [1.29, 1.82) is 0 Å². The highest BCUT2D eigenvalue weighted by molar-refractivity contribution is 5.99. The van der Waals surface area contributed by atoms with Gasteiger partial charge in [-0.1, -0.05) is 35.5 Å². The second-order valence-corrected chi connectivity index (χ2v) is 7.17. The van der Waals surface area contributed by atoms with Gasteiger partial charge in [0.25, 0.3) is 0 Å². The highest BCUT2D eigenvalue weighted by atomic mass is 16.5. The first kappa shape index (κ1) is 19.1. The van der Waals surface area contributed by atoms with Crippen LogP contribution in [0.4, 0.5) is 0 Å². The molecule has 0 saturated carbocycles. The Morgan fingerprint density at radius 2 is 1.89 bits per heavy atom. The molecule has 0 spiro atoms. The lowest BCUT2D eigenvalue weighted by Gasteiger charge is -2.15. The molecule has 0 amide bonds. The monoisotopic (exact) mass is 365 g/mol. The third-order valence-corrected chi connectivity index (χ3v) is 4.84. The molecule has 0 radical (unpaired) electrons. The zero-order chi connectivity index (χ0) is 19.4. The molecule has 0 unspecified atom stereocenters. The lowest BCUT2D eigenvalue weighted by Crippen LogP contribution is -2.27. The van der Waals surface area contributed by atoms with Gasteiger partial charge in [-0.15, -0.1) is 0 Å². The number of Topliss-reactive ketones (excluding diaryl/α,β-unsaturated/α-hetero) is 1. The van der Waals surface area contributed by atoms with E-state index < -0.39 is 0 Å². The van der Waals surface area contributed by atoms with Gasteiger partial charge in [-0.3, -0.25) is 14.3 Å². The SMILES string of the molecule is Cc1cc(-n2c(C)cc(C(=O)CN(C)CCCc3ccccc3)c2C)no1. The van der Waals surface area contributed by atoms with Crippen LogP contribution < -0.4 is 0 Å². The Kier molecular flexibility index (Phi) is 5.91. The Hall–Kier alpha value is -2.66. The number of benzene rings is 1. The van der Waals surface area contributed by atoms with E-state index in [1.807, 2.05) is 50.6 Å². The smallest absolute Gasteiger partial charge is 0.180 e. The van der Waals surface area contributed by atoms with Gasteiger partial charge in [0.15, 0.2) is 11.6 Å². The number of carbonyl (C=O) groups excluding carboxylic acids is 1. The maximum Gasteiger partial charge on any atom is 0.180 e. The Bertz CT molecular complexity index is 909. The predicted octanol–water partition coefficient (Wildman–Crippen LogP) is 4.14. The van der Waals surface area contributed by atoms with Crippen LogP contribution in [0.15, 0.2) is 47.0 Å². The van der Waals surface area contributed by atoms with Crippen molar-refractivity contribution in [2.24, 2.45) is 0 Å². The van der Waals surface area contributed by atoms with Gasteiger partial charge < -0.3 is 4.52 Å². The molecular weight excluding hydrogens is 338 g/mol. The molecule has 2 heterocycles. The summed E-state index contributed by atoms with van der Waals surface area (Å²) in [5, 5.41) is 4.08. The van der Waals surface area contributed by atoms with Crippen molar-refractivity contribution in [3.63, 3.8) is 0 Å². The standard InChI is InChI=1S/C22H27N3O2/c1-16-13-20(18(3)25(16)22-14-17(2)27-23-22)21(26)15-24(4)12-8-11-19-9-6-5-7-10-19/h5-7,9-10,13-14H,8,11-12,15H2,1-4H3. The zero-order valence-electron chi connectivity index (χ0n) is 16.5. The van der Waals surface area contributed by atoms with Gasteiger partial charge in [-0.25, -0.2) is 0 Å². The quantitative estimate of drug-likeness (QED) is 0.563. The first-order chi connectivity index (χ1) is 13.0. The summed E-state index contributed by atoms with van der Waals surface area (Å²) in [4.78, 5) is 14.9. The molecule has 3 aromatic rings. The molecule has 0 aliphatic rings. The summed E-state index contributed by atoms with van der Waals surface area (Å²) in [7, 11) is 2.00. The van der Waals surface area contributed by atoms with E-state index in [9.17, 15) is 4.79 Å². The fraction of sp³-hybridized carbons (Fsp3) is 0.364. The van der Waals surface area contributed by atoms with Crippen LogP contribution in [-0.4, -0.2) is 40.5 Å². The molecule has 0 bridgehead atoms. The lowest BCUT2D eigenvalue weighted by molar-refractivity contribution is 0.0945. The van der Waals surface area contributed by atoms with Gasteiger partial charge >= 0.3 is 0 Å². The van der Waals surface area contributed by atoms with Crippen molar-refractivity contribution in [3.05, 3.63) is 70.7 Å². The molecule has 142 valence electrons. The molecule has 0 saturated heterocycles. The molecular formula is C22H27N3O2. The number of hydrogen-bond acceptors (Lipinski definition) is 4. The molecule has 0 aliphatic carbocycles. The van der Waals surface area contributed by atoms with Crippen LogP contribution in [0.25, 0.3) is 5.82 Å². The van der Waals surface area contributed by atoms with Gasteiger partial charge in [0, 0.05) is 23.0 Å². The van der Waals surface area contributed by atoms with Crippen molar-refractivity contribution in [2.75, 3.05) is 20.1 Å². The highest BCUT2D eigenvalue weighted by Gasteiger charge is 2.19. The maximum absolute atomic E-state index is 12.8. The number of aromatic nitrogens is 2. The van der Waals surface area contributed by atoms with Crippen LogP contribution in [0.3, 0.4) is 0 Å². The van der Waals surface area contributed by atoms with Gasteiger partial charge in [-0.05, 0) is 58.8 Å². The summed E-state index contributed by atoms with van der Waals surface area (Å²) >= 11 is 0. The second kappa shape index (κ2) is 8.35. The molecule has 1 aromatic carbocycles. The number of rotatable bonds is 8. The third-order valence-electron chi connectivity index (χ3n) is 4.84. The number of nitrogens with zero attached hydrogens (tertiary/aromatic N) is 3. The normalized spacial score (nSPS) is 11.3. The topological polar surface area (TPSA) is 51.3 Å². The third kappa shape index (κ3) is 4.55. The molecule has 3 rings (SSSR count). The van der Waals surface area contributed by atoms with E-state index in [2.05, 4.69) is 34.3 Å². The van der Waals surface area contributed by atoms with Crippen LogP contribution in [0.1, 0.15) is 39.5 Å². The fourth-order valence-corrected chi connectivity index (χ4v) is 3.46. The molecule has 5 heteroatoms. The average Bonchev–Trinajstić information content (AvgIpc) is 3.18. The van der Waals surface area contributed by atoms with Gasteiger partial charge in [0.05, 0.1) is 6.54 Å². The van der Waals surface area contributed by atoms with Gasteiger partial charge in [-0.2, -0.15) is 0 Å². The first-order valence-corrected chi connectivity index (χ1v) is 9.34.